The van der Waals surface area contributed by atoms with Gasteiger partial charge in [-0.1, -0.05) is 12.1 Å². The number of halogens is 6. The van der Waals surface area contributed by atoms with Crippen molar-refractivity contribution in [2.45, 2.75) is 18.8 Å². The quantitative estimate of drug-likeness (QED) is 0.355. The van der Waals surface area contributed by atoms with Gasteiger partial charge in [0.25, 0.3) is 11.8 Å². The monoisotopic (exact) mass is 629 g/mol. The number of hydrogen-bond acceptors (Lipinski definition) is 6. The van der Waals surface area contributed by atoms with Crippen LogP contribution in [0, 0.1) is 0 Å². The van der Waals surface area contributed by atoms with E-state index in [9.17, 15) is 49.5 Å². The summed E-state index contributed by atoms with van der Waals surface area (Å²) in [6.07, 6.45) is -11.0. The van der Waals surface area contributed by atoms with E-state index in [2.05, 4.69) is 0 Å². The van der Waals surface area contributed by atoms with E-state index in [-0.39, 0.29) is 35.5 Å². The fourth-order valence-corrected chi connectivity index (χ4v) is 5.44. The summed E-state index contributed by atoms with van der Waals surface area (Å²) < 4.78 is 103. The van der Waals surface area contributed by atoms with Gasteiger partial charge in [0, 0.05) is 43.0 Å². The molecule has 1 aliphatic heterocycles. The SMILES string of the molecule is O=C(NS(=O)(=O)CCC(F)(F)F)c1ccc(N2CCN(C(=O)c3cc(-c4cccc(O)c4)cc(C(F)(F)F)c3)CC2)cc1. The van der Waals surface area contributed by atoms with Gasteiger partial charge in [-0.2, -0.15) is 26.3 Å². The fraction of sp³-hybridized carbons (Fsp3) is 0.286. The number of piperazine rings is 1. The van der Waals surface area contributed by atoms with E-state index in [4.69, 9.17) is 0 Å². The smallest absolute Gasteiger partial charge is 0.416 e. The summed E-state index contributed by atoms with van der Waals surface area (Å²) in [6, 6.07) is 14.3. The van der Waals surface area contributed by atoms with E-state index in [0.717, 1.165) is 12.1 Å². The van der Waals surface area contributed by atoms with Crippen molar-refractivity contribution >= 4 is 27.5 Å². The summed E-state index contributed by atoms with van der Waals surface area (Å²) in [5.41, 5.74) is -0.241. The standard InChI is InChI=1S/C28H25F6N3O5S/c29-27(30,31)8-13-43(41,42)35-25(39)18-4-6-23(7-5-18)36-9-11-37(12-10-36)26(40)21-14-20(15-22(16-21)28(32,33)34)19-2-1-3-24(38)17-19/h1-7,14-17,38H,8-13H2,(H,35,39). The van der Waals surface area contributed by atoms with Crippen molar-refractivity contribution in [2.75, 3.05) is 36.8 Å². The molecular formula is C28H25F6N3O5S. The normalized spacial score (nSPS) is 14.5. The molecule has 0 atom stereocenters. The number of benzene rings is 3. The van der Waals surface area contributed by atoms with Gasteiger partial charge in [-0.15, -0.1) is 0 Å². The molecule has 0 unspecified atom stereocenters. The zero-order chi connectivity index (χ0) is 31.6. The number of nitrogens with one attached hydrogen (secondary N) is 1. The molecule has 3 aromatic carbocycles. The van der Waals surface area contributed by atoms with Crippen LogP contribution in [0.3, 0.4) is 0 Å². The van der Waals surface area contributed by atoms with Gasteiger partial charge in [-0.3, -0.25) is 9.59 Å². The van der Waals surface area contributed by atoms with Crippen LogP contribution in [0.15, 0.2) is 66.7 Å². The number of rotatable bonds is 7. The number of phenolic OH excluding ortho intramolecular Hbond substituents is 1. The number of nitrogens with zero attached hydrogens (tertiary/aromatic N) is 2. The van der Waals surface area contributed by atoms with Gasteiger partial charge in [-0.05, 0) is 65.7 Å². The zero-order valence-electron chi connectivity index (χ0n) is 22.2. The second-order valence-corrected chi connectivity index (χ2v) is 11.6. The van der Waals surface area contributed by atoms with Crippen molar-refractivity contribution in [3.63, 3.8) is 0 Å². The minimum Gasteiger partial charge on any atom is -0.508 e. The van der Waals surface area contributed by atoms with Crippen LogP contribution in [-0.2, 0) is 16.2 Å². The first kappa shape index (κ1) is 31.7. The highest BCUT2D eigenvalue weighted by Gasteiger charge is 2.33. The molecule has 230 valence electrons. The van der Waals surface area contributed by atoms with Crippen molar-refractivity contribution < 1.29 is 49.5 Å². The molecule has 1 aliphatic rings. The Morgan fingerprint density at radius 2 is 1.47 bits per heavy atom. The van der Waals surface area contributed by atoms with Crippen molar-refractivity contribution in [3.05, 3.63) is 83.4 Å². The van der Waals surface area contributed by atoms with Crippen LogP contribution in [-0.4, -0.2) is 68.3 Å². The third-order valence-electron chi connectivity index (χ3n) is 6.65. The maximum absolute atomic E-state index is 13.6. The lowest BCUT2D eigenvalue weighted by Crippen LogP contribution is -2.48. The molecule has 0 saturated carbocycles. The van der Waals surface area contributed by atoms with E-state index in [0.29, 0.717) is 24.3 Å². The molecule has 0 bridgehead atoms. The molecule has 2 amide bonds. The number of carbonyl (C=O) groups is 2. The molecule has 0 aromatic heterocycles. The molecule has 1 heterocycles. The number of alkyl halides is 6. The number of hydrogen-bond donors (Lipinski definition) is 2. The van der Waals surface area contributed by atoms with Crippen LogP contribution < -0.4 is 9.62 Å². The number of amides is 2. The van der Waals surface area contributed by atoms with E-state index in [1.807, 2.05) is 4.90 Å². The summed E-state index contributed by atoms with van der Waals surface area (Å²) in [5.74, 6) is -3.12. The Morgan fingerprint density at radius 3 is 2.05 bits per heavy atom. The first-order valence-electron chi connectivity index (χ1n) is 12.8. The first-order valence-corrected chi connectivity index (χ1v) is 14.4. The van der Waals surface area contributed by atoms with E-state index in [1.165, 1.54) is 59.5 Å². The Balaban J connectivity index is 1.41. The Kier molecular flexibility index (Phi) is 8.94. The zero-order valence-corrected chi connectivity index (χ0v) is 23.1. The van der Waals surface area contributed by atoms with Gasteiger partial charge in [0.15, 0.2) is 0 Å². The van der Waals surface area contributed by atoms with Gasteiger partial charge in [-0.25, -0.2) is 13.1 Å². The molecule has 0 spiro atoms. The Labute approximate surface area is 242 Å². The van der Waals surface area contributed by atoms with Crippen molar-refractivity contribution in [2.24, 2.45) is 0 Å². The molecule has 1 fully saturated rings. The second-order valence-electron chi connectivity index (χ2n) is 9.79. The Morgan fingerprint density at radius 1 is 0.814 bits per heavy atom. The average Bonchev–Trinajstić information content (AvgIpc) is 2.95. The van der Waals surface area contributed by atoms with Gasteiger partial charge >= 0.3 is 12.4 Å². The summed E-state index contributed by atoms with van der Waals surface area (Å²) >= 11 is 0. The number of carbonyl (C=O) groups excluding carboxylic acids is 2. The highest BCUT2D eigenvalue weighted by molar-refractivity contribution is 7.90. The van der Waals surface area contributed by atoms with Crippen LogP contribution in [0.1, 0.15) is 32.7 Å². The molecule has 3 aromatic rings. The fourth-order valence-electron chi connectivity index (χ4n) is 4.44. The molecule has 0 aliphatic carbocycles. The average molecular weight is 630 g/mol. The number of aromatic hydroxyl groups is 1. The highest BCUT2D eigenvalue weighted by atomic mass is 32.2. The van der Waals surface area contributed by atoms with E-state index < -0.39 is 51.9 Å². The summed E-state index contributed by atoms with van der Waals surface area (Å²) in [7, 11) is -4.50. The van der Waals surface area contributed by atoms with Crippen molar-refractivity contribution in [1.29, 1.82) is 0 Å². The summed E-state index contributed by atoms with van der Waals surface area (Å²) in [6.45, 7) is 0.912. The van der Waals surface area contributed by atoms with E-state index >= 15 is 0 Å². The molecule has 43 heavy (non-hydrogen) atoms. The lowest BCUT2D eigenvalue weighted by Gasteiger charge is -2.36. The third-order valence-corrected chi connectivity index (χ3v) is 7.89. The second kappa shape index (κ2) is 12.1. The summed E-state index contributed by atoms with van der Waals surface area (Å²) in [4.78, 5) is 28.7. The predicted octanol–water partition coefficient (Wildman–Crippen LogP) is 5.05. The molecular weight excluding hydrogens is 604 g/mol. The third kappa shape index (κ3) is 8.40. The van der Waals surface area contributed by atoms with Crippen LogP contribution in [0.5, 0.6) is 5.75 Å². The minimum absolute atomic E-state index is 0.0970. The van der Waals surface area contributed by atoms with Crippen LogP contribution in [0.4, 0.5) is 32.0 Å². The molecule has 1 saturated heterocycles. The van der Waals surface area contributed by atoms with Crippen LogP contribution in [0.25, 0.3) is 11.1 Å². The summed E-state index contributed by atoms with van der Waals surface area (Å²) in [5, 5.41) is 9.76. The Hall–Kier alpha value is -4.27. The number of phenols is 1. The Bertz CT molecular complexity index is 1600. The van der Waals surface area contributed by atoms with Gasteiger partial charge in [0.1, 0.15) is 5.75 Å². The molecule has 2 N–H and O–H groups in total. The van der Waals surface area contributed by atoms with Crippen LogP contribution in [0.2, 0.25) is 0 Å². The van der Waals surface area contributed by atoms with Crippen LogP contribution >= 0.6 is 0 Å². The minimum atomic E-state index is -4.71. The van der Waals surface area contributed by atoms with Crippen molar-refractivity contribution in [3.8, 4) is 16.9 Å². The molecule has 4 rings (SSSR count). The maximum atomic E-state index is 13.6. The highest BCUT2D eigenvalue weighted by Crippen LogP contribution is 2.34. The predicted molar refractivity (Wildman–Crippen MR) is 145 cm³/mol. The van der Waals surface area contributed by atoms with Gasteiger partial charge in [0.05, 0.1) is 17.7 Å². The molecule has 15 heteroatoms. The first-order chi connectivity index (χ1) is 20.0. The van der Waals surface area contributed by atoms with Crippen molar-refractivity contribution in [1.82, 2.24) is 9.62 Å². The van der Waals surface area contributed by atoms with Gasteiger partial charge in [0.2, 0.25) is 10.0 Å². The van der Waals surface area contributed by atoms with Gasteiger partial charge < -0.3 is 14.9 Å². The number of anilines is 1. The maximum Gasteiger partial charge on any atom is 0.416 e. The lowest BCUT2D eigenvalue weighted by molar-refractivity contribution is -0.137. The lowest BCUT2D eigenvalue weighted by atomic mass is 9.98. The number of sulfonamides is 1. The largest absolute Gasteiger partial charge is 0.508 e. The molecule has 8 nitrogen and oxygen atoms in total. The topological polar surface area (TPSA) is 107 Å². The molecule has 0 radical (unpaired) electrons. The van der Waals surface area contributed by atoms with E-state index in [1.54, 1.807) is 4.72 Å².